The van der Waals surface area contributed by atoms with Crippen molar-refractivity contribution < 1.29 is 9.53 Å². The molecular weight excluding hydrogens is 312 g/mol. The molecule has 0 fully saturated rings. The van der Waals surface area contributed by atoms with Gasteiger partial charge in [-0.25, -0.2) is 4.98 Å². The number of esters is 1. The van der Waals surface area contributed by atoms with E-state index in [1.54, 1.807) is 19.1 Å². The summed E-state index contributed by atoms with van der Waals surface area (Å²) >= 11 is 3.33. The Bertz CT molecular complexity index is 681. The molecule has 0 aliphatic carbocycles. The van der Waals surface area contributed by atoms with Gasteiger partial charge in [0.1, 0.15) is 0 Å². The molecule has 1 heterocycles. The van der Waals surface area contributed by atoms with E-state index in [0.717, 1.165) is 4.47 Å². The third-order valence-corrected chi connectivity index (χ3v) is 3.35. The average molecular weight is 325 g/mol. The molecule has 0 bridgehead atoms. The number of hydrogen-bond acceptors (Lipinski definition) is 4. The minimum absolute atomic E-state index is 0.165. The molecule has 1 unspecified atom stereocenters. The van der Waals surface area contributed by atoms with Crippen LogP contribution in [0.3, 0.4) is 0 Å². The van der Waals surface area contributed by atoms with E-state index in [-0.39, 0.29) is 18.1 Å². The first kappa shape index (κ1) is 13.7. The zero-order valence-corrected chi connectivity index (χ0v) is 12.2. The first-order valence-electron chi connectivity index (χ1n) is 5.75. The Kier molecular flexibility index (Phi) is 3.99. The van der Waals surface area contributed by atoms with Crippen molar-refractivity contribution in [2.24, 2.45) is 5.92 Å². The molecule has 0 N–H and O–H groups in total. The Labute approximate surface area is 118 Å². The molecule has 0 aliphatic rings. The summed E-state index contributed by atoms with van der Waals surface area (Å²) in [7, 11) is 1.33. The van der Waals surface area contributed by atoms with Crippen LogP contribution in [-0.4, -0.2) is 22.6 Å². The van der Waals surface area contributed by atoms with Crippen LogP contribution in [0.15, 0.2) is 33.8 Å². The molecule has 100 valence electrons. The number of hydrogen-bond donors (Lipinski definition) is 0. The first-order valence-corrected chi connectivity index (χ1v) is 6.54. The number of rotatable bonds is 3. The summed E-state index contributed by atoms with van der Waals surface area (Å²) in [4.78, 5) is 27.9. The number of fused-ring (bicyclic) bond motifs is 1. The summed E-state index contributed by atoms with van der Waals surface area (Å²) in [6.45, 7) is 1.96. The largest absolute Gasteiger partial charge is 0.469 e. The van der Waals surface area contributed by atoms with Crippen LogP contribution < -0.4 is 5.56 Å². The number of carbonyl (C=O) groups excluding carboxylic acids is 1. The van der Waals surface area contributed by atoms with Crippen molar-refractivity contribution in [3.05, 3.63) is 39.4 Å². The molecule has 0 radical (unpaired) electrons. The number of nitrogens with zero attached hydrogens (tertiary/aromatic N) is 2. The second kappa shape index (κ2) is 5.52. The summed E-state index contributed by atoms with van der Waals surface area (Å²) < 4.78 is 6.89. The van der Waals surface area contributed by atoms with E-state index < -0.39 is 5.92 Å². The van der Waals surface area contributed by atoms with E-state index in [1.807, 2.05) is 6.07 Å². The van der Waals surface area contributed by atoms with Crippen LogP contribution in [0.2, 0.25) is 0 Å². The highest BCUT2D eigenvalue weighted by Gasteiger charge is 2.15. The van der Waals surface area contributed by atoms with Crippen molar-refractivity contribution in [2.45, 2.75) is 13.5 Å². The van der Waals surface area contributed by atoms with Gasteiger partial charge < -0.3 is 4.74 Å². The Morgan fingerprint density at radius 3 is 2.95 bits per heavy atom. The van der Waals surface area contributed by atoms with E-state index in [2.05, 4.69) is 25.7 Å². The lowest BCUT2D eigenvalue weighted by molar-refractivity contribution is -0.145. The summed E-state index contributed by atoms with van der Waals surface area (Å²) in [6.07, 6.45) is 1.46. The molecule has 2 aromatic rings. The predicted octanol–water partition coefficient (Wildman–Crippen LogP) is 1.97. The number of ether oxygens (including phenoxy) is 1. The molecule has 1 aromatic heterocycles. The van der Waals surface area contributed by atoms with Crippen molar-refractivity contribution in [1.29, 1.82) is 0 Å². The summed E-state index contributed by atoms with van der Waals surface area (Å²) in [5, 5.41) is 0.522. The van der Waals surface area contributed by atoms with Crippen LogP contribution in [-0.2, 0) is 16.1 Å². The molecule has 0 spiro atoms. The quantitative estimate of drug-likeness (QED) is 0.810. The van der Waals surface area contributed by atoms with Crippen molar-refractivity contribution >= 4 is 32.8 Å². The molecule has 2 rings (SSSR count). The van der Waals surface area contributed by atoms with Gasteiger partial charge in [0.25, 0.3) is 5.56 Å². The molecule has 5 nitrogen and oxygen atoms in total. The van der Waals surface area contributed by atoms with Crippen molar-refractivity contribution in [1.82, 2.24) is 9.55 Å². The number of carbonyl (C=O) groups is 1. The van der Waals surface area contributed by atoms with Crippen molar-refractivity contribution in [3.8, 4) is 0 Å². The molecule has 1 atom stereocenters. The normalized spacial score (nSPS) is 12.4. The molecule has 0 amide bonds. The van der Waals surface area contributed by atoms with Crippen LogP contribution in [0.4, 0.5) is 0 Å². The van der Waals surface area contributed by atoms with Crippen molar-refractivity contribution in [3.63, 3.8) is 0 Å². The third-order valence-electron chi connectivity index (χ3n) is 2.86. The fourth-order valence-electron chi connectivity index (χ4n) is 1.83. The monoisotopic (exact) mass is 324 g/mol. The number of methoxy groups -OCH3 is 1. The van der Waals surface area contributed by atoms with Crippen LogP contribution >= 0.6 is 15.9 Å². The fourth-order valence-corrected chi connectivity index (χ4v) is 2.19. The van der Waals surface area contributed by atoms with Crippen LogP contribution in [0.25, 0.3) is 10.9 Å². The summed E-state index contributed by atoms with van der Waals surface area (Å²) in [5.74, 6) is -0.740. The molecule has 1 aromatic carbocycles. The standard InChI is InChI=1S/C13H13BrN2O3/c1-8(13(18)19-2)6-16-7-15-11-4-3-9(14)5-10(11)12(16)17/h3-5,7-8H,6H2,1-2H3. The van der Waals surface area contributed by atoms with E-state index in [1.165, 1.54) is 18.0 Å². The molecule has 0 saturated carbocycles. The molecule has 0 saturated heterocycles. The fraction of sp³-hybridized carbons (Fsp3) is 0.308. The van der Waals surface area contributed by atoms with E-state index in [0.29, 0.717) is 10.9 Å². The van der Waals surface area contributed by atoms with Gasteiger partial charge in [0.15, 0.2) is 0 Å². The Hall–Kier alpha value is -1.69. The van der Waals surface area contributed by atoms with Gasteiger partial charge in [0, 0.05) is 11.0 Å². The highest BCUT2D eigenvalue weighted by atomic mass is 79.9. The maximum Gasteiger partial charge on any atom is 0.310 e. The number of aromatic nitrogens is 2. The third kappa shape index (κ3) is 2.84. The van der Waals surface area contributed by atoms with Gasteiger partial charge in [-0.2, -0.15) is 0 Å². The smallest absolute Gasteiger partial charge is 0.310 e. The summed E-state index contributed by atoms with van der Waals surface area (Å²) in [5.41, 5.74) is 0.470. The van der Waals surface area contributed by atoms with Crippen LogP contribution in [0.1, 0.15) is 6.92 Å². The SMILES string of the molecule is COC(=O)C(C)Cn1cnc2ccc(Br)cc2c1=O. The second-order valence-electron chi connectivity index (χ2n) is 4.29. The van der Waals surface area contributed by atoms with E-state index in [9.17, 15) is 9.59 Å². The maximum atomic E-state index is 12.3. The topological polar surface area (TPSA) is 61.2 Å². The van der Waals surface area contributed by atoms with Gasteiger partial charge in [0.05, 0.1) is 30.3 Å². The van der Waals surface area contributed by atoms with E-state index >= 15 is 0 Å². The van der Waals surface area contributed by atoms with Gasteiger partial charge in [-0.15, -0.1) is 0 Å². The van der Waals surface area contributed by atoms with Gasteiger partial charge in [0.2, 0.25) is 0 Å². The lowest BCUT2D eigenvalue weighted by Gasteiger charge is -2.11. The zero-order chi connectivity index (χ0) is 14.0. The Morgan fingerprint density at radius 2 is 2.26 bits per heavy atom. The molecule has 6 heteroatoms. The van der Waals surface area contributed by atoms with Crippen LogP contribution in [0.5, 0.6) is 0 Å². The van der Waals surface area contributed by atoms with Gasteiger partial charge in [-0.05, 0) is 18.2 Å². The average Bonchev–Trinajstić information content (AvgIpc) is 2.41. The summed E-state index contributed by atoms with van der Waals surface area (Å²) in [6, 6.07) is 5.33. The van der Waals surface area contributed by atoms with Gasteiger partial charge in [-0.1, -0.05) is 22.9 Å². The minimum atomic E-state index is -0.394. The Morgan fingerprint density at radius 1 is 1.53 bits per heavy atom. The minimum Gasteiger partial charge on any atom is -0.469 e. The first-order chi connectivity index (χ1) is 9.02. The van der Waals surface area contributed by atoms with Gasteiger partial charge >= 0.3 is 5.97 Å². The molecular formula is C13H13BrN2O3. The molecule has 0 aliphatic heterocycles. The number of halogens is 1. The number of benzene rings is 1. The molecule has 19 heavy (non-hydrogen) atoms. The zero-order valence-electron chi connectivity index (χ0n) is 10.6. The second-order valence-corrected chi connectivity index (χ2v) is 5.20. The lowest BCUT2D eigenvalue weighted by atomic mass is 10.2. The maximum absolute atomic E-state index is 12.3. The highest BCUT2D eigenvalue weighted by Crippen LogP contribution is 2.15. The van der Waals surface area contributed by atoms with Crippen molar-refractivity contribution in [2.75, 3.05) is 7.11 Å². The van der Waals surface area contributed by atoms with Crippen LogP contribution in [0, 0.1) is 5.92 Å². The lowest BCUT2D eigenvalue weighted by Crippen LogP contribution is -2.27. The highest BCUT2D eigenvalue weighted by molar-refractivity contribution is 9.10. The van der Waals surface area contributed by atoms with Gasteiger partial charge in [-0.3, -0.25) is 14.2 Å². The van der Waals surface area contributed by atoms with E-state index in [4.69, 9.17) is 0 Å². The predicted molar refractivity (Wildman–Crippen MR) is 74.9 cm³/mol. The Balaban J connectivity index is 2.43.